The average molecular weight is 420 g/mol. The second-order valence-electron chi connectivity index (χ2n) is 8.40. The van der Waals surface area contributed by atoms with E-state index in [1.807, 2.05) is 38.1 Å². The molecule has 0 aliphatic heterocycles. The summed E-state index contributed by atoms with van der Waals surface area (Å²) in [4.78, 5) is 39.9. The van der Waals surface area contributed by atoms with E-state index < -0.39 is 23.8 Å². The topological polar surface area (TPSA) is 87.7 Å². The summed E-state index contributed by atoms with van der Waals surface area (Å²) in [6, 6.07) is 5.92. The maximum absolute atomic E-state index is 13.2. The summed E-state index contributed by atoms with van der Waals surface area (Å²) in [6.45, 7) is 13.5. The van der Waals surface area contributed by atoms with Crippen LogP contribution in [0.2, 0.25) is 0 Å². The van der Waals surface area contributed by atoms with Gasteiger partial charge in [0.1, 0.15) is 17.7 Å². The van der Waals surface area contributed by atoms with Crippen LogP contribution >= 0.6 is 0 Å². The lowest BCUT2D eigenvalue weighted by atomic mass is 9.98. The number of hydrogen-bond donors (Lipinski definition) is 2. The van der Waals surface area contributed by atoms with Crippen molar-refractivity contribution in [3.05, 3.63) is 35.4 Å². The molecule has 3 amide bonds. The van der Waals surface area contributed by atoms with Crippen LogP contribution in [0.5, 0.6) is 0 Å². The molecule has 0 bridgehead atoms. The summed E-state index contributed by atoms with van der Waals surface area (Å²) in [6.07, 6.45) is 1.16. The molecule has 2 atom stereocenters. The van der Waals surface area contributed by atoms with Crippen molar-refractivity contribution < 1.29 is 19.1 Å². The molecule has 2 N–H and O–H groups in total. The molecule has 7 heteroatoms. The van der Waals surface area contributed by atoms with Gasteiger partial charge >= 0.3 is 6.09 Å². The Balaban J connectivity index is 3.12. The van der Waals surface area contributed by atoms with Crippen molar-refractivity contribution in [2.24, 2.45) is 0 Å². The SMILES string of the molecule is CCCCNC(=O)C(c1ccccc1C)N(CC)C(=O)C(C)NC(=O)OC(C)(C)C. The number of carbonyl (C=O) groups excluding carboxylic acids is 3. The van der Waals surface area contributed by atoms with Gasteiger partial charge in [-0.3, -0.25) is 9.59 Å². The van der Waals surface area contributed by atoms with Crippen LogP contribution in [0.3, 0.4) is 0 Å². The normalized spacial score (nSPS) is 13.2. The van der Waals surface area contributed by atoms with Crippen LogP contribution in [0, 0.1) is 6.92 Å². The van der Waals surface area contributed by atoms with Crippen LogP contribution in [0.15, 0.2) is 24.3 Å². The summed E-state index contributed by atoms with van der Waals surface area (Å²) < 4.78 is 5.25. The fourth-order valence-electron chi connectivity index (χ4n) is 3.09. The Morgan fingerprint density at radius 1 is 1.13 bits per heavy atom. The predicted octanol–water partition coefficient (Wildman–Crippen LogP) is 3.71. The van der Waals surface area contributed by atoms with Crippen LogP contribution in [0.25, 0.3) is 0 Å². The lowest BCUT2D eigenvalue weighted by Gasteiger charge is -2.33. The molecule has 1 aromatic carbocycles. The van der Waals surface area contributed by atoms with Gasteiger partial charge in [0.05, 0.1) is 0 Å². The molecule has 0 aromatic heterocycles. The van der Waals surface area contributed by atoms with Gasteiger partial charge < -0.3 is 20.3 Å². The van der Waals surface area contributed by atoms with E-state index in [4.69, 9.17) is 4.74 Å². The van der Waals surface area contributed by atoms with Crippen molar-refractivity contribution in [1.29, 1.82) is 0 Å². The molecule has 2 unspecified atom stereocenters. The number of benzene rings is 1. The first kappa shape index (κ1) is 25.5. The van der Waals surface area contributed by atoms with Gasteiger partial charge in [0, 0.05) is 13.1 Å². The van der Waals surface area contributed by atoms with Crippen LogP contribution in [0.1, 0.15) is 71.6 Å². The van der Waals surface area contributed by atoms with Crippen molar-refractivity contribution >= 4 is 17.9 Å². The Bertz CT molecular complexity index is 727. The average Bonchev–Trinajstić information content (AvgIpc) is 2.64. The van der Waals surface area contributed by atoms with Crippen LogP contribution in [-0.2, 0) is 14.3 Å². The van der Waals surface area contributed by atoms with Crippen molar-refractivity contribution in [3.8, 4) is 0 Å². The molecule has 0 aliphatic rings. The summed E-state index contributed by atoms with van der Waals surface area (Å²) in [5, 5.41) is 5.52. The lowest BCUT2D eigenvalue weighted by Crippen LogP contribution is -2.52. The molecular formula is C23H37N3O4. The van der Waals surface area contributed by atoms with E-state index >= 15 is 0 Å². The number of hydrogen-bond acceptors (Lipinski definition) is 4. The number of likely N-dealkylation sites (N-methyl/N-ethyl adjacent to an activating group) is 1. The number of carbonyl (C=O) groups is 3. The third-order valence-electron chi connectivity index (χ3n) is 4.60. The molecule has 0 saturated heterocycles. The molecule has 30 heavy (non-hydrogen) atoms. The maximum Gasteiger partial charge on any atom is 0.408 e. The van der Waals surface area contributed by atoms with E-state index in [2.05, 4.69) is 17.6 Å². The minimum atomic E-state index is -0.838. The van der Waals surface area contributed by atoms with Gasteiger partial charge in [-0.25, -0.2) is 4.79 Å². The summed E-state index contributed by atoms with van der Waals surface area (Å²) in [7, 11) is 0. The van der Waals surface area contributed by atoms with Gasteiger partial charge in [0.25, 0.3) is 0 Å². The number of nitrogens with one attached hydrogen (secondary N) is 2. The molecular weight excluding hydrogens is 382 g/mol. The highest BCUT2D eigenvalue weighted by Gasteiger charge is 2.34. The van der Waals surface area contributed by atoms with Crippen LogP contribution < -0.4 is 10.6 Å². The first-order valence-electron chi connectivity index (χ1n) is 10.6. The number of nitrogens with zero attached hydrogens (tertiary/aromatic N) is 1. The molecule has 1 rings (SSSR count). The van der Waals surface area contributed by atoms with Gasteiger partial charge in [-0.15, -0.1) is 0 Å². The second-order valence-corrected chi connectivity index (χ2v) is 8.40. The van der Waals surface area contributed by atoms with Gasteiger partial charge in [-0.2, -0.15) is 0 Å². The molecule has 7 nitrogen and oxygen atoms in total. The van der Waals surface area contributed by atoms with Crippen molar-refractivity contribution in [3.63, 3.8) is 0 Å². The van der Waals surface area contributed by atoms with Gasteiger partial charge in [-0.05, 0) is 59.1 Å². The Hall–Kier alpha value is -2.57. The first-order valence-corrected chi connectivity index (χ1v) is 10.6. The largest absolute Gasteiger partial charge is 0.444 e. The number of unbranched alkanes of at least 4 members (excludes halogenated alkanes) is 1. The number of ether oxygens (including phenoxy) is 1. The highest BCUT2D eigenvalue weighted by molar-refractivity contribution is 5.92. The second kappa shape index (κ2) is 11.6. The van der Waals surface area contributed by atoms with Gasteiger partial charge in [-0.1, -0.05) is 37.6 Å². The quantitative estimate of drug-likeness (QED) is 0.597. The first-order chi connectivity index (χ1) is 14.0. The zero-order valence-electron chi connectivity index (χ0n) is 19.4. The standard InChI is InChI=1S/C23H37N3O4/c1-8-10-15-24-20(27)19(18-14-12-11-13-16(18)3)26(9-2)21(28)17(4)25-22(29)30-23(5,6)7/h11-14,17,19H,8-10,15H2,1-7H3,(H,24,27)(H,25,29). The summed E-state index contributed by atoms with van der Waals surface area (Å²) in [5.41, 5.74) is 1.03. The third-order valence-corrected chi connectivity index (χ3v) is 4.60. The highest BCUT2D eigenvalue weighted by Crippen LogP contribution is 2.25. The lowest BCUT2D eigenvalue weighted by molar-refractivity contribution is -0.141. The van der Waals surface area contributed by atoms with E-state index in [1.54, 1.807) is 27.7 Å². The molecule has 0 fully saturated rings. The molecule has 0 aliphatic carbocycles. The summed E-state index contributed by atoms with van der Waals surface area (Å²) >= 11 is 0. The third kappa shape index (κ3) is 7.69. The Kier molecular flexibility index (Phi) is 9.82. The van der Waals surface area contributed by atoms with Crippen molar-refractivity contribution in [1.82, 2.24) is 15.5 Å². The van der Waals surface area contributed by atoms with Crippen LogP contribution in [-0.4, -0.2) is 47.5 Å². The molecule has 0 heterocycles. The van der Waals surface area contributed by atoms with E-state index in [0.29, 0.717) is 13.1 Å². The zero-order valence-corrected chi connectivity index (χ0v) is 19.4. The number of alkyl carbamates (subject to hydrolysis) is 1. The highest BCUT2D eigenvalue weighted by atomic mass is 16.6. The number of aryl methyl sites for hydroxylation is 1. The molecule has 0 saturated carbocycles. The van der Waals surface area contributed by atoms with Crippen molar-refractivity contribution in [2.75, 3.05) is 13.1 Å². The maximum atomic E-state index is 13.2. The molecule has 0 radical (unpaired) electrons. The van der Waals surface area contributed by atoms with E-state index in [-0.39, 0.29) is 11.8 Å². The van der Waals surface area contributed by atoms with E-state index in [9.17, 15) is 14.4 Å². The number of rotatable bonds is 9. The van der Waals surface area contributed by atoms with Crippen LogP contribution in [0.4, 0.5) is 4.79 Å². The smallest absolute Gasteiger partial charge is 0.408 e. The fraction of sp³-hybridized carbons (Fsp3) is 0.609. The monoisotopic (exact) mass is 419 g/mol. The Morgan fingerprint density at radius 2 is 1.77 bits per heavy atom. The van der Waals surface area contributed by atoms with E-state index in [1.165, 1.54) is 4.90 Å². The van der Waals surface area contributed by atoms with E-state index in [0.717, 1.165) is 24.0 Å². The van der Waals surface area contributed by atoms with Crippen molar-refractivity contribution in [2.45, 2.75) is 79.0 Å². The minimum absolute atomic E-state index is 0.225. The molecule has 168 valence electrons. The predicted molar refractivity (Wildman–Crippen MR) is 118 cm³/mol. The van der Waals surface area contributed by atoms with Gasteiger partial charge in [0.2, 0.25) is 11.8 Å². The minimum Gasteiger partial charge on any atom is -0.444 e. The molecule has 1 aromatic rings. The number of amides is 3. The zero-order chi connectivity index (χ0) is 22.9. The Morgan fingerprint density at radius 3 is 2.30 bits per heavy atom. The molecule has 0 spiro atoms. The van der Waals surface area contributed by atoms with Gasteiger partial charge in [0.15, 0.2) is 0 Å². The fourth-order valence-corrected chi connectivity index (χ4v) is 3.09. The Labute approximate surface area is 180 Å². The summed E-state index contributed by atoms with van der Waals surface area (Å²) in [5.74, 6) is -0.570.